The van der Waals surface area contributed by atoms with E-state index in [1.807, 2.05) is 24.3 Å². The zero-order valence-electron chi connectivity index (χ0n) is 12.5. The van der Waals surface area contributed by atoms with Crippen molar-refractivity contribution in [1.29, 1.82) is 0 Å². The second-order valence-electron chi connectivity index (χ2n) is 4.74. The molecule has 0 bridgehead atoms. The summed E-state index contributed by atoms with van der Waals surface area (Å²) in [5, 5.41) is 2.86. The maximum Gasteiger partial charge on any atom is 0.354 e. The summed E-state index contributed by atoms with van der Waals surface area (Å²) in [5.74, 6) is 0.205. The molecule has 1 N–H and O–H groups in total. The minimum Gasteiger partial charge on any atom is -0.497 e. The van der Waals surface area contributed by atoms with Crippen LogP contribution in [0, 0.1) is 0 Å². The Bertz CT molecular complexity index is 592. The summed E-state index contributed by atoms with van der Waals surface area (Å²) >= 11 is 0. The SMILES string of the molecule is COC(=O)C1=C(C)C(c2ccc(OC)cc2)NC(=O)N1C. The molecule has 1 atom stereocenters. The van der Waals surface area contributed by atoms with Crippen molar-refractivity contribution in [1.82, 2.24) is 10.2 Å². The van der Waals surface area contributed by atoms with Crippen LogP contribution in [-0.4, -0.2) is 38.2 Å². The number of hydrogen-bond acceptors (Lipinski definition) is 4. The highest BCUT2D eigenvalue weighted by Gasteiger charge is 2.33. The molecule has 2 amide bonds. The highest BCUT2D eigenvalue weighted by Crippen LogP contribution is 2.30. The molecule has 6 nitrogen and oxygen atoms in total. The first kappa shape index (κ1) is 14.9. The summed E-state index contributed by atoms with van der Waals surface area (Å²) in [6.45, 7) is 1.80. The molecule has 0 aromatic heterocycles. The fourth-order valence-electron chi connectivity index (χ4n) is 2.36. The fourth-order valence-corrected chi connectivity index (χ4v) is 2.36. The first-order valence-electron chi connectivity index (χ1n) is 6.46. The van der Waals surface area contributed by atoms with Crippen LogP contribution in [0.15, 0.2) is 35.5 Å². The van der Waals surface area contributed by atoms with Gasteiger partial charge in [-0.15, -0.1) is 0 Å². The molecular formula is C15H18N2O4. The molecule has 0 radical (unpaired) electrons. The van der Waals surface area contributed by atoms with Gasteiger partial charge in [0.2, 0.25) is 0 Å². The Balaban J connectivity index is 2.44. The number of carbonyl (C=O) groups is 2. The molecule has 6 heteroatoms. The topological polar surface area (TPSA) is 67.9 Å². The van der Waals surface area contributed by atoms with Crippen molar-refractivity contribution in [2.24, 2.45) is 0 Å². The molecule has 0 saturated carbocycles. The molecule has 1 aliphatic rings. The molecule has 1 aromatic carbocycles. The van der Waals surface area contributed by atoms with Gasteiger partial charge in [-0.1, -0.05) is 12.1 Å². The van der Waals surface area contributed by atoms with Crippen LogP contribution in [0.25, 0.3) is 0 Å². The number of esters is 1. The average Bonchev–Trinajstić information content (AvgIpc) is 2.51. The fraction of sp³-hybridized carbons (Fsp3) is 0.333. The van der Waals surface area contributed by atoms with Gasteiger partial charge in [0.05, 0.1) is 20.3 Å². The number of likely N-dealkylation sites (N-methyl/N-ethyl adjacent to an activating group) is 1. The lowest BCUT2D eigenvalue weighted by atomic mass is 9.96. The first-order valence-corrected chi connectivity index (χ1v) is 6.46. The monoisotopic (exact) mass is 290 g/mol. The maximum atomic E-state index is 12.0. The number of nitrogens with zero attached hydrogens (tertiary/aromatic N) is 1. The molecule has 0 spiro atoms. The van der Waals surface area contributed by atoms with Gasteiger partial charge in [-0.25, -0.2) is 9.59 Å². The number of amides is 2. The third-order valence-electron chi connectivity index (χ3n) is 3.54. The van der Waals surface area contributed by atoms with E-state index in [4.69, 9.17) is 9.47 Å². The van der Waals surface area contributed by atoms with Gasteiger partial charge in [-0.05, 0) is 30.2 Å². The van der Waals surface area contributed by atoms with Gasteiger partial charge in [0.25, 0.3) is 0 Å². The van der Waals surface area contributed by atoms with E-state index in [9.17, 15) is 9.59 Å². The van der Waals surface area contributed by atoms with E-state index in [2.05, 4.69) is 5.32 Å². The Hall–Kier alpha value is -2.50. The standard InChI is InChI=1S/C15H18N2O4/c1-9-12(10-5-7-11(20-3)8-6-10)16-15(19)17(2)13(9)14(18)21-4/h5-8,12H,1-4H3,(H,16,19). The Kier molecular flexibility index (Phi) is 4.16. The largest absolute Gasteiger partial charge is 0.497 e. The van der Waals surface area contributed by atoms with E-state index in [-0.39, 0.29) is 17.8 Å². The van der Waals surface area contributed by atoms with E-state index in [0.29, 0.717) is 0 Å². The van der Waals surface area contributed by atoms with Crippen LogP contribution in [-0.2, 0) is 9.53 Å². The van der Waals surface area contributed by atoms with Crippen molar-refractivity contribution in [2.45, 2.75) is 13.0 Å². The van der Waals surface area contributed by atoms with Crippen LogP contribution in [0.2, 0.25) is 0 Å². The van der Waals surface area contributed by atoms with Crippen LogP contribution >= 0.6 is 0 Å². The van der Waals surface area contributed by atoms with E-state index in [0.717, 1.165) is 16.9 Å². The molecule has 0 saturated heterocycles. The average molecular weight is 290 g/mol. The number of carbonyl (C=O) groups excluding carboxylic acids is 2. The number of methoxy groups -OCH3 is 2. The molecule has 0 aliphatic carbocycles. The highest BCUT2D eigenvalue weighted by molar-refractivity contribution is 5.95. The molecule has 1 heterocycles. The summed E-state index contributed by atoms with van der Waals surface area (Å²) in [4.78, 5) is 25.2. The number of nitrogens with one attached hydrogen (secondary N) is 1. The Morgan fingerprint density at radius 2 is 1.86 bits per heavy atom. The second-order valence-corrected chi connectivity index (χ2v) is 4.74. The van der Waals surface area contributed by atoms with E-state index >= 15 is 0 Å². The summed E-state index contributed by atoms with van der Waals surface area (Å²) in [6.07, 6.45) is 0. The third-order valence-corrected chi connectivity index (χ3v) is 3.54. The number of hydrogen-bond donors (Lipinski definition) is 1. The normalized spacial score (nSPS) is 18.4. The Morgan fingerprint density at radius 1 is 1.24 bits per heavy atom. The minimum absolute atomic E-state index is 0.266. The summed E-state index contributed by atoms with van der Waals surface area (Å²) in [7, 11) is 4.42. The Labute approximate surface area is 123 Å². The van der Waals surface area contributed by atoms with Gasteiger partial charge in [-0.2, -0.15) is 0 Å². The quantitative estimate of drug-likeness (QED) is 0.862. The van der Waals surface area contributed by atoms with Gasteiger partial charge < -0.3 is 14.8 Å². The van der Waals surface area contributed by atoms with Gasteiger partial charge in [-0.3, -0.25) is 4.90 Å². The number of ether oxygens (including phenoxy) is 2. The maximum absolute atomic E-state index is 12.0. The Morgan fingerprint density at radius 3 is 2.38 bits per heavy atom. The number of benzene rings is 1. The lowest BCUT2D eigenvalue weighted by Crippen LogP contribution is -2.46. The smallest absolute Gasteiger partial charge is 0.354 e. The molecule has 112 valence electrons. The van der Waals surface area contributed by atoms with Crippen molar-refractivity contribution in [3.63, 3.8) is 0 Å². The number of rotatable bonds is 3. The first-order chi connectivity index (χ1) is 9.99. The van der Waals surface area contributed by atoms with Crippen LogP contribution in [0.1, 0.15) is 18.5 Å². The highest BCUT2D eigenvalue weighted by atomic mass is 16.5. The van der Waals surface area contributed by atoms with Crippen molar-refractivity contribution in [3.8, 4) is 5.75 Å². The van der Waals surface area contributed by atoms with Gasteiger partial charge >= 0.3 is 12.0 Å². The van der Waals surface area contributed by atoms with Crippen molar-refractivity contribution in [2.75, 3.05) is 21.3 Å². The van der Waals surface area contributed by atoms with Crippen molar-refractivity contribution < 1.29 is 19.1 Å². The lowest BCUT2D eigenvalue weighted by molar-refractivity contribution is -0.137. The molecule has 2 rings (SSSR count). The van der Waals surface area contributed by atoms with Gasteiger partial charge in [0.1, 0.15) is 11.4 Å². The van der Waals surface area contributed by atoms with Crippen LogP contribution in [0.5, 0.6) is 5.75 Å². The lowest BCUT2D eigenvalue weighted by Gasteiger charge is -2.33. The summed E-state index contributed by atoms with van der Waals surface area (Å²) < 4.78 is 9.88. The van der Waals surface area contributed by atoms with E-state index in [1.54, 1.807) is 14.0 Å². The van der Waals surface area contributed by atoms with Crippen molar-refractivity contribution >= 4 is 12.0 Å². The van der Waals surface area contributed by atoms with Crippen LogP contribution in [0.3, 0.4) is 0 Å². The minimum atomic E-state index is -0.525. The summed E-state index contributed by atoms with van der Waals surface area (Å²) in [6, 6.07) is 6.62. The van der Waals surface area contributed by atoms with E-state index in [1.165, 1.54) is 19.1 Å². The van der Waals surface area contributed by atoms with Crippen LogP contribution in [0.4, 0.5) is 4.79 Å². The van der Waals surface area contributed by atoms with Crippen molar-refractivity contribution in [3.05, 3.63) is 41.1 Å². The molecule has 0 fully saturated rings. The molecular weight excluding hydrogens is 272 g/mol. The predicted octanol–water partition coefficient (Wildman–Crippen LogP) is 1.84. The molecule has 1 aliphatic heterocycles. The van der Waals surface area contributed by atoms with Gasteiger partial charge in [0, 0.05) is 7.05 Å². The zero-order chi connectivity index (χ0) is 15.6. The van der Waals surface area contributed by atoms with Crippen LogP contribution < -0.4 is 10.1 Å². The number of urea groups is 1. The second kappa shape index (κ2) is 5.87. The van der Waals surface area contributed by atoms with E-state index < -0.39 is 5.97 Å². The summed E-state index contributed by atoms with van der Waals surface area (Å²) in [5.41, 5.74) is 1.87. The molecule has 1 unspecified atom stereocenters. The molecule has 1 aromatic rings. The van der Waals surface area contributed by atoms with Gasteiger partial charge in [0.15, 0.2) is 0 Å². The predicted molar refractivity (Wildman–Crippen MR) is 76.7 cm³/mol. The third kappa shape index (κ3) is 2.69. The molecule has 21 heavy (non-hydrogen) atoms. The zero-order valence-corrected chi connectivity index (χ0v) is 12.5.